The van der Waals surface area contributed by atoms with Crippen LogP contribution in [-0.4, -0.2) is 63.9 Å². The van der Waals surface area contributed by atoms with Crippen LogP contribution in [0.3, 0.4) is 0 Å². The highest BCUT2D eigenvalue weighted by atomic mass is 16.6. The molecule has 9 nitrogen and oxygen atoms in total. The molecule has 0 saturated carbocycles. The molecular formula is C23H24N4O5. The van der Waals surface area contributed by atoms with Crippen LogP contribution in [0.25, 0.3) is 5.69 Å². The SMILES string of the molecule is CC(=O)O[C@@H](C(=O)N1CCOC(COc2ccc(-n3cncn3)cc2)C1)c1ccccc1. The molecule has 0 spiro atoms. The van der Waals surface area contributed by atoms with Crippen LogP contribution in [0.4, 0.5) is 0 Å². The normalized spacial score (nSPS) is 16.9. The predicted molar refractivity (Wildman–Crippen MR) is 114 cm³/mol. The summed E-state index contributed by atoms with van der Waals surface area (Å²) in [5.74, 6) is -0.0884. The molecule has 0 radical (unpaired) electrons. The molecule has 1 amide bonds. The summed E-state index contributed by atoms with van der Waals surface area (Å²) >= 11 is 0. The quantitative estimate of drug-likeness (QED) is 0.524. The van der Waals surface area contributed by atoms with Crippen molar-refractivity contribution in [2.45, 2.75) is 19.1 Å². The molecule has 166 valence electrons. The van der Waals surface area contributed by atoms with E-state index in [2.05, 4.69) is 10.1 Å². The number of amides is 1. The van der Waals surface area contributed by atoms with Crippen molar-refractivity contribution in [3.05, 3.63) is 72.8 Å². The summed E-state index contributed by atoms with van der Waals surface area (Å²) in [5, 5.41) is 4.09. The number of hydrogen-bond acceptors (Lipinski definition) is 7. The lowest BCUT2D eigenvalue weighted by Crippen LogP contribution is -2.49. The first kappa shape index (κ1) is 21.5. The Morgan fingerprint density at radius 2 is 1.94 bits per heavy atom. The van der Waals surface area contributed by atoms with Gasteiger partial charge in [0.2, 0.25) is 6.10 Å². The number of rotatable bonds is 7. The van der Waals surface area contributed by atoms with Crippen molar-refractivity contribution in [3.8, 4) is 11.4 Å². The second-order valence-electron chi connectivity index (χ2n) is 7.32. The van der Waals surface area contributed by atoms with Gasteiger partial charge in [0.1, 0.15) is 31.1 Å². The maximum Gasteiger partial charge on any atom is 0.303 e. The third-order valence-corrected chi connectivity index (χ3v) is 5.02. The molecule has 32 heavy (non-hydrogen) atoms. The minimum Gasteiger partial charge on any atom is -0.491 e. The molecule has 2 heterocycles. The summed E-state index contributed by atoms with van der Waals surface area (Å²) in [7, 11) is 0. The summed E-state index contributed by atoms with van der Waals surface area (Å²) in [6, 6.07) is 16.5. The molecule has 1 aliphatic rings. The van der Waals surface area contributed by atoms with E-state index in [0.717, 1.165) is 5.69 Å². The van der Waals surface area contributed by atoms with E-state index in [0.29, 0.717) is 31.0 Å². The first-order chi connectivity index (χ1) is 15.6. The highest BCUT2D eigenvalue weighted by molar-refractivity contribution is 5.84. The Hall–Kier alpha value is -3.72. The van der Waals surface area contributed by atoms with Gasteiger partial charge in [0.25, 0.3) is 5.91 Å². The lowest BCUT2D eigenvalue weighted by atomic mass is 10.1. The lowest BCUT2D eigenvalue weighted by molar-refractivity contribution is -0.163. The second kappa shape index (κ2) is 10.1. The molecule has 4 rings (SSSR count). The van der Waals surface area contributed by atoms with Gasteiger partial charge in [0.15, 0.2) is 0 Å². The Bertz CT molecular complexity index is 1020. The number of aromatic nitrogens is 3. The van der Waals surface area contributed by atoms with Crippen molar-refractivity contribution in [2.75, 3.05) is 26.3 Å². The fourth-order valence-electron chi connectivity index (χ4n) is 3.47. The van der Waals surface area contributed by atoms with Crippen LogP contribution >= 0.6 is 0 Å². The van der Waals surface area contributed by atoms with E-state index in [1.54, 1.807) is 28.0 Å². The van der Waals surface area contributed by atoms with Gasteiger partial charge in [-0.05, 0) is 24.3 Å². The summed E-state index contributed by atoms with van der Waals surface area (Å²) in [6.07, 6.45) is 1.83. The summed E-state index contributed by atoms with van der Waals surface area (Å²) in [5.41, 5.74) is 1.51. The molecule has 2 aromatic carbocycles. The third-order valence-electron chi connectivity index (χ3n) is 5.02. The Labute approximate surface area is 185 Å². The average molecular weight is 436 g/mol. The van der Waals surface area contributed by atoms with Gasteiger partial charge in [-0.2, -0.15) is 5.10 Å². The van der Waals surface area contributed by atoms with Gasteiger partial charge in [0, 0.05) is 19.0 Å². The number of benzene rings is 2. The number of morpholine rings is 1. The van der Waals surface area contributed by atoms with Crippen molar-refractivity contribution in [3.63, 3.8) is 0 Å². The van der Waals surface area contributed by atoms with E-state index in [9.17, 15) is 9.59 Å². The molecule has 9 heteroatoms. The Kier molecular flexibility index (Phi) is 6.76. The Morgan fingerprint density at radius 3 is 2.62 bits per heavy atom. The number of esters is 1. The summed E-state index contributed by atoms with van der Waals surface area (Å²) in [4.78, 5) is 30.3. The first-order valence-electron chi connectivity index (χ1n) is 10.3. The van der Waals surface area contributed by atoms with Crippen LogP contribution in [0.5, 0.6) is 5.75 Å². The Morgan fingerprint density at radius 1 is 1.16 bits per heavy atom. The van der Waals surface area contributed by atoms with Gasteiger partial charge < -0.3 is 19.1 Å². The van der Waals surface area contributed by atoms with Gasteiger partial charge in [-0.3, -0.25) is 9.59 Å². The molecule has 1 unspecified atom stereocenters. The van der Waals surface area contributed by atoms with Gasteiger partial charge in [0.05, 0.1) is 18.8 Å². The zero-order valence-electron chi connectivity index (χ0n) is 17.7. The first-order valence-corrected chi connectivity index (χ1v) is 10.3. The maximum absolute atomic E-state index is 13.1. The van der Waals surface area contributed by atoms with Crippen molar-refractivity contribution < 1.29 is 23.8 Å². The van der Waals surface area contributed by atoms with Gasteiger partial charge in [-0.15, -0.1) is 0 Å². The number of carbonyl (C=O) groups excluding carboxylic acids is 2. The van der Waals surface area contributed by atoms with Crippen LogP contribution in [0.15, 0.2) is 67.3 Å². The monoisotopic (exact) mass is 436 g/mol. The minimum atomic E-state index is -0.974. The van der Waals surface area contributed by atoms with Crippen molar-refractivity contribution >= 4 is 11.9 Å². The van der Waals surface area contributed by atoms with E-state index in [1.807, 2.05) is 42.5 Å². The highest BCUT2D eigenvalue weighted by Gasteiger charge is 2.32. The van der Waals surface area contributed by atoms with Gasteiger partial charge in [-0.1, -0.05) is 30.3 Å². The van der Waals surface area contributed by atoms with Gasteiger partial charge >= 0.3 is 5.97 Å². The third kappa shape index (κ3) is 5.30. The minimum absolute atomic E-state index is 0.267. The van der Waals surface area contributed by atoms with Crippen LogP contribution in [0.1, 0.15) is 18.6 Å². The van der Waals surface area contributed by atoms with E-state index >= 15 is 0 Å². The molecule has 3 aromatic rings. The topological polar surface area (TPSA) is 95.8 Å². The lowest BCUT2D eigenvalue weighted by Gasteiger charge is -2.34. The smallest absolute Gasteiger partial charge is 0.303 e. The molecule has 1 aliphatic heterocycles. The van der Waals surface area contributed by atoms with Crippen molar-refractivity contribution in [1.29, 1.82) is 0 Å². The molecule has 2 atom stereocenters. The molecular weight excluding hydrogens is 412 g/mol. The van der Waals surface area contributed by atoms with Crippen molar-refractivity contribution in [2.24, 2.45) is 0 Å². The molecule has 1 saturated heterocycles. The van der Waals surface area contributed by atoms with Crippen LogP contribution in [0.2, 0.25) is 0 Å². The summed E-state index contributed by atoms with van der Waals surface area (Å²) in [6.45, 7) is 2.74. The molecule has 0 aliphatic carbocycles. The number of ether oxygens (including phenoxy) is 3. The van der Waals surface area contributed by atoms with Crippen molar-refractivity contribution in [1.82, 2.24) is 19.7 Å². The highest BCUT2D eigenvalue weighted by Crippen LogP contribution is 2.22. The van der Waals surface area contributed by atoms with Crippen LogP contribution < -0.4 is 4.74 Å². The Balaban J connectivity index is 1.36. The average Bonchev–Trinajstić information content (AvgIpc) is 3.37. The maximum atomic E-state index is 13.1. The fourth-order valence-corrected chi connectivity index (χ4v) is 3.47. The van der Waals surface area contributed by atoms with Crippen LogP contribution in [-0.2, 0) is 19.1 Å². The van der Waals surface area contributed by atoms with Crippen LogP contribution in [0, 0.1) is 0 Å². The molecule has 0 bridgehead atoms. The summed E-state index contributed by atoms with van der Waals surface area (Å²) < 4.78 is 18.6. The molecule has 1 aromatic heterocycles. The number of carbonyl (C=O) groups is 2. The zero-order chi connectivity index (χ0) is 22.3. The predicted octanol–water partition coefficient (Wildman–Crippen LogP) is 2.18. The standard InChI is InChI=1S/C23H24N4O5/c1-17(28)32-22(18-5-3-2-4-6-18)23(29)26-11-12-30-21(13-26)14-31-20-9-7-19(8-10-20)27-16-24-15-25-27/h2-10,15-16,21-22H,11-14H2,1H3/t21?,22-/m1/s1. The number of nitrogens with zero attached hydrogens (tertiary/aromatic N) is 4. The van der Waals surface area contributed by atoms with E-state index in [-0.39, 0.29) is 18.6 Å². The fraction of sp³-hybridized carbons (Fsp3) is 0.304. The van der Waals surface area contributed by atoms with E-state index in [1.165, 1.54) is 13.3 Å². The zero-order valence-corrected chi connectivity index (χ0v) is 17.7. The van der Waals surface area contributed by atoms with Gasteiger partial charge in [-0.25, -0.2) is 9.67 Å². The van der Waals surface area contributed by atoms with E-state index < -0.39 is 12.1 Å². The molecule has 1 fully saturated rings. The van der Waals surface area contributed by atoms with E-state index in [4.69, 9.17) is 14.2 Å². The largest absolute Gasteiger partial charge is 0.491 e. The number of hydrogen-bond donors (Lipinski definition) is 0. The second-order valence-corrected chi connectivity index (χ2v) is 7.32. The molecule has 0 N–H and O–H groups in total.